The highest BCUT2D eigenvalue weighted by Crippen LogP contribution is 2.26. The maximum absolute atomic E-state index is 4.86. The molecule has 4 nitrogen and oxygen atoms in total. The number of rotatable bonds is 4. The zero-order valence-electron chi connectivity index (χ0n) is 13.9. The molecule has 0 bridgehead atoms. The lowest BCUT2D eigenvalue weighted by Crippen LogP contribution is -2.34. The number of fused-ring (bicyclic) bond motifs is 1. The highest BCUT2D eigenvalue weighted by Gasteiger charge is 2.19. The van der Waals surface area contributed by atoms with Crippen LogP contribution in [0.25, 0.3) is 10.9 Å². The lowest BCUT2D eigenvalue weighted by Gasteiger charge is -2.30. The molecule has 1 N–H and O–H groups in total. The van der Waals surface area contributed by atoms with Crippen molar-refractivity contribution in [3.8, 4) is 0 Å². The molecule has 1 aromatic carbocycles. The first-order chi connectivity index (χ1) is 11.8. The lowest BCUT2D eigenvalue weighted by atomic mass is 10.00. The Labute approximate surface area is 146 Å². The van der Waals surface area contributed by atoms with E-state index in [1.165, 1.54) is 17.7 Å². The van der Waals surface area contributed by atoms with Gasteiger partial charge in [0.2, 0.25) is 5.95 Å². The molecule has 0 saturated carbocycles. The molecule has 3 heterocycles. The molecule has 0 unspecified atom stereocenters. The Bertz CT molecular complexity index is 807. The van der Waals surface area contributed by atoms with Gasteiger partial charge in [-0.1, -0.05) is 25.1 Å². The number of benzene rings is 1. The Balaban J connectivity index is 1.65. The van der Waals surface area contributed by atoms with Crippen LogP contribution in [0.1, 0.15) is 24.6 Å². The average Bonchev–Trinajstić information content (AvgIpc) is 3.13. The highest BCUT2D eigenvalue weighted by atomic mass is 32.1. The van der Waals surface area contributed by atoms with E-state index in [1.54, 1.807) is 11.3 Å². The number of hydrogen-bond donors (Lipinski definition) is 1. The smallest absolute Gasteiger partial charge is 0.227 e. The van der Waals surface area contributed by atoms with Crippen LogP contribution in [-0.4, -0.2) is 23.1 Å². The second-order valence-corrected chi connectivity index (χ2v) is 7.52. The van der Waals surface area contributed by atoms with Crippen LogP contribution in [0.3, 0.4) is 0 Å². The van der Waals surface area contributed by atoms with Crippen molar-refractivity contribution in [2.24, 2.45) is 5.92 Å². The van der Waals surface area contributed by atoms with Crippen LogP contribution in [0, 0.1) is 5.92 Å². The van der Waals surface area contributed by atoms with Gasteiger partial charge in [0.25, 0.3) is 0 Å². The second-order valence-electron chi connectivity index (χ2n) is 6.49. The minimum Gasteiger partial charge on any atom is -0.364 e. The minimum atomic E-state index is 0.801. The molecule has 0 atom stereocenters. The third-order valence-electron chi connectivity index (χ3n) is 4.67. The van der Waals surface area contributed by atoms with E-state index in [-0.39, 0.29) is 0 Å². The topological polar surface area (TPSA) is 41.1 Å². The van der Waals surface area contributed by atoms with Crippen LogP contribution in [0.2, 0.25) is 0 Å². The maximum atomic E-state index is 4.86. The first-order valence-electron chi connectivity index (χ1n) is 8.57. The van der Waals surface area contributed by atoms with Crippen LogP contribution in [0.4, 0.5) is 11.8 Å². The Morgan fingerprint density at radius 2 is 1.96 bits per heavy atom. The number of aromatic nitrogens is 2. The van der Waals surface area contributed by atoms with Gasteiger partial charge in [0, 0.05) is 23.4 Å². The van der Waals surface area contributed by atoms with Crippen LogP contribution in [0.5, 0.6) is 0 Å². The molecule has 1 aliphatic rings. The molecule has 0 radical (unpaired) electrons. The number of nitrogens with one attached hydrogen (secondary N) is 1. The summed E-state index contributed by atoms with van der Waals surface area (Å²) in [7, 11) is 0. The van der Waals surface area contributed by atoms with E-state index in [4.69, 9.17) is 9.97 Å². The van der Waals surface area contributed by atoms with Gasteiger partial charge in [-0.15, -0.1) is 11.3 Å². The number of piperidine rings is 1. The van der Waals surface area contributed by atoms with Crippen molar-refractivity contribution < 1.29 is 0 Å². The molecule has 0 spiro atoms. The summed E-state index contributed by atoms with van der Waals surface area (Å²) in [6, 6.07) is 12.5. The van der Waals surface area contributed by atoms with Crippen molar-refractivity contribution in [2.45, 2.75) is 26.3 Å². The molecule has 3 aromatic rings. The minimum absolute atomic E-state index is 0.801. The number of para-hydroxylation sites is 1. The Morgan fingerprint density at radius 1 is 1.12 bits per heavy atom. The van der Waals surface area contributed by atoms with E-state index < -0.39 is 0 Å². The zero-order valence-corrected chi connectivity index (χ0v) is 14.7. The number of nitrogens with zero attached hydrogens (tertiary/aromatic N) is 3. The number of hydrogen-bond acceptors (Lipinski definition) is 5. The van der Waals surface area contributed by atoms with E-state index in [0.29, 0.717) is 0 Å². The van der Waals surface area contributed by atoms with Crippen LogP contribution < -0.4 is 10.2 Å². The molecule has 124 valence electrons. The van der Waals surface area contributed by atoms with E-state index in [0.717, 1.165) is 48.2 Å². The third kappa shape index (κ3) is 3.22. The largest absolute Gasteiger partial charge is 0.364 e. The average molecular weight is 338 g/mol. The van der Waals surface area contributed by atoms with E-state index in [2.05, 4.69) is 46.8 Å². The monoisotopic (exact) mass is 338 g/mol. The molecule has 24 heavy (non-hydrogen) atoms. The molecule has 0 aliphatic carbocycles. The molecule has 4 rings (SSSR count). The quantitative estimate of drug-likeness (QED) is 0.758. The fourth-order valence-electron chi connectivity index (χ4n) is 3.13. The molecular weight excluding hydrogens is 316 g/mol. The van der Waals surface area contributed by atoms with E-state index >= 15 is 0 Å². The van der Waals surface area contributed by atoms with Crippen molar-refractivity contribution in [1.29, 1.82) is 0 Å². The predicted octanol–water partition coefficient (Wildman–Crippen LogP) is 4.54. The molecule has 1 saturated heterocycles. The first kappa shape index (κ1) is 15.4. The SMILES string of the molecule is CC1CCN(c2nc(NCc3cccs3)c3ccccc3n2)CC1. The molecule has 0 amide bonds. The summed E-state index contributed by atoms with van der Waals surface area (Å²) in [5.74, 6) is 2.59. The van der Waals surface area contributed by atoms with Gasteiger partial charge in [0.05, 0.1) is 12.1 Å². The van der Waals surface area contributed by atoms with Gasteiger partial charge in [0.1, 0.15) is 5.82 Å². The maximum Gasteiger partial charge on any atom is 0.227 e. The van der Waals surface area contributed by atoms with Crippen molar-refractivity contribution in [3.63, 3.8) is 0 Å². The summed E-state index contributed by atoms with van der Waals surface area (Å²) < 4.78 is 0. The summed E-state index contributed by atoms with van der Waals surface area (Å²) in [6.45, 7) is 5.22. The van der Waals surface area contributed by atoms with Crippen molar-refractivity contribution >= 4 is 34.0 Å². The van der Waals surface area contributed by atoms with Crippen molar-refractivity contribution in [1.82, 2.24) is 9.97 Å². The molecule has 2 aromatic heterocycles. The van der Waals surface area contributed by atoms with Gasteiger partial charge >= 0.3 is 0 Å². The number of anilines is 2. The van der Waals surface area contributed by atoms with E-state index in [9.17, 15) is 0 Å². The summed E-state index contributed by atoms with van der Waals surface area (Å²) in [6.07, 6.45) is 2.43. The Morgan fingerprint density at radius 3 is 2.75 bits per heavy atom. The molecular formula is C19H22N4S. The van der Waals surface area contributed by atoms with Crippen LogP contribution in [-0.2, 0) is 6.54 Å². The summed E-state index contributed by atoms with van der Waals surface area (Å²) in [4.78, 5) is 13.3. The standard InChI is InChI=1S/C19H22N4S/c1-14-8-10-23(11-9-14)19-21-17-7-3-2-6-16(17)18(22-19)20-13-15-5-4-12-24-15/h2-7,12,14H,8-11,13H2,1H3,(H,20,21,22). The van der Waals surface area contributed by atoms with Gasteiger partial charge in [-0.3, -0.25) is 0 Å². The summed E-state index contributed by atoms with van der Waals surface area (Å²) >= 11 is 1.76. The molecule has 5 heteroatoms. The lowest BCUT2D eigenvalue weighted by molar-refractivity contribution is 0.435. The first-order valence-corrected chi connectivity index (χ1v) is 9.45. The fourth-order valence-corrected chi connectivity index (χ4v) is 3.78. The van der Waals surface area contributed by atoms with E-state index in [1.807, 2.05) is 12.1 Å². The Kier molecular flexibility index (Phi) is 4.34. The molecule has 1 fully saturated rings. The van der Waals surface area contributed by atoms with Gasteiger partial charge in [0.15, 0.2) is 0 Å². The summed E-state index contributed by atoms with van der Waals surface area (Å²) in [5.41, 5.74) is 1.01. The van der Waals surface area contributed by atoms with Gasteiger partial charge in [-0.05, 0) is 42.3 Å². The molecule has 1 aliphatic heterocycles. The third-order valence-corrected chi connectivity index (χ3v) is 5.54. The zero-order chi connectivity index (χ0) is 16.4. The van der Waals surface area contributed by atoms with Gasteiger partial charge < -0.3 is 10.2 Å². The van der Waals surface area contributed by atoms with Crippen LogP contribution >= 0.6 is 11.3 Å². The van der Waals surface area contributed by atoms with Gasteiger partial charge in [-0.25, -0.2) is 4.98 Å². The fraction of sp³-hybridized carbons (Fsp3) is 0.368. The normalized spacial score (nSPS) is 15.8. The summed E-state index contributed by atoms with van der Waals surface area (Å²) in [5, 5.41) is 6.70. The van der Waals surface area contributed by atoms with Crippen LogP contribution in [0.15, 0.2) is 41.8 Å². The van der Waals surface area contributed by atoms with Crippen molar-refractivity contribution in [2.75, 3.05) is 23.3 Å². The highest BCUT2D eigenvalue weighted by molar-refractivity contribution is 7.09. The Hall–Kier alpha value is -2.14. The van der Waals surface area contributed by atoms with Crippen molar-refractivity contribution in [3.05, 3.63) is 46.7 Å². The van der Waals surface area contributed by atoms with Gasteiger partial charge in [-0.2, -0.15) is 4.98 Å². The predicted molar refractivity (Wildman–Crippen MR) is 102 cm³/mol. The number of thiophene rings is 1. The second kappa shape index (κ2) is 6.77.